The maximum Gasteiger partial charge on any atom is 0.246 e. The molecule has 0 aromatic heterocycles. The Kier molecular flexibility index (Phi) is 4.83. The number of hydrogen-bond donors (Lipinski definition) is 0. The van der Waals surface area contributed by atoms with Crippen molar-refractivity contribution in [3.05, 3.63) is 23.8 Å². The van der Waals surface area contributed by atoms with Crippen LogP contribution in [-0.2, 0) is 14.8 Å². The van der Waals surface area contributed by atoms with Crippen molar-refractivity contribution in [1.29, 1.82) is 0 Å². The van der Waals surface area contributed by atoms with Crippen LogP contribution in [0.5, 0.6) is 5.75 Å². The first-order chi connectivity index (χ1) is 11.4. The summed E-state index contributed by atoms with van der Waals surface area (Å²) in [5, 5.41) is 0. The molecular weight excluding hydrogens is 328 g/mol. The second-order valence-electron chi connectivity index (χ2n) is 6.51. The number of ether oxygens (including phenoxy) is 1. The normalized spacial score (nSPS) is 19.8. The fourth-order valence-corrected chi connectivity index (χ4v) is 4.85. The van der Waals surface area contributed by atoms with E-state index in [9.17, 15) is 13.2 Å². The molecule has 132 valence electrons. The van der Waals surface area contributed by atoms with Gasteiger partial charge in [-0.25, -0.2) is 8.42 Å². The van der Waals surface area contributed by atoms with Crippen LogP contribution in [0.4, 0.5) is 0 Å². The van der Waals surface area contributed by atoms with Crippen LogP contribution < -0.4 is 4.74 Å². The topological polar surface area (TPSA) is 66.9 Å². The van der Waals surface area contributed by atoms with E-state index in [0.29, 0.717) is 31.9 Å². The summed E-state index contributed by atoms with van der Waals surface area (Å²) in [6.45, 7) is 3.44. The number of nitrogens with zero attached hydrogens (tertiary/aromatic N) is 2. The van der Waals surface area contributed by atoms with Gasteiger partial charge in [0.05, 0.1) is 7.11 Å². The van der Waals surface area contributed by atoms with Gasteiger partial charge in [0.15, 0.2) is 0 Å². The van der Waals surface area contributed by atoms with E-state index in [1.165, 1.54) is 11.4 Å². The largest absolute Gasteiger partial charge is 0.495 e. The van der Waals surface area contributed by atoms with Crippen molar-refractivity contribution >= 4 is 15.9 Å². The molecule has 0 N–H and O–H groups in total. The smallest absolute Gasteiger partial charge is 0.246 e. The second kappa shape index (κ2) is 6.72. The highest BCUT2D eigenvalue weighted by molar-refractivity contribution is 7.89. The first-order valence-electron chi connectivity index (χ1n) is 8.37. The number of piperazine rings is 1. The molecule has 1 aliphatic carbocycles. The maximum atomic E-state index is 12.9. The van der Waals surface area contributed by atoms with Gasteiger partial charge in [0.1, 0.15) is 10.6 Å². The van der Waals surface area contributed by atoms with Gasteiger partial charge >= 0.3 is 0 Å². The minimum atomic E-state index is -3.62. The first-order valence-corrected chi connectivity index (χ1v) is 9.81. The number of carbonyl (C=O) groups is 1. The van der Waals surface area contributed by atoms with Crippen molar-refractivity contribution in [2.75, 3.05) is 33.3 Å². The number of carbonyl (C=O) groups excluding carboxylic acids is 1. The molecule has 0 radical (unpaired) electrons. The number of rotatable bonds is 4. The van der Waals surface area contributed by atoms with Crippen LogP contribution in [0.25, 0.3) is 0 Å². The third-order valence-electron chi connectivity index (χ3n) is 4.94. The Bertz CT molecular complexity index is 720. The minimum absolute atomic E-state index is 0.157. The Balaban J connectivity index is 1.73. The summed E-state index contributed by atoms with van der Waals surface area (Å²) in [5.41, 5.74) is 0.869. The Morgan fingerprint density at radius 1 is 1.17 bits per heavy atom. The molecule has 2 fully saturated rings. The molecule has 0 atom stereocenters. The Morgan fingerprint density at radius 2 is 1.83 bits per heavy atom. The van der Waals surface area contributed by atoms with E-state index in [0.717, 1.165) is 24.8 Å². The predicted octanol–water partition coefficient (Wildman–Crippen LogP) is 1.64. The van der Waals surface area contributed by atoms with E-state index in [1.54, 1.807) is 12.1 Å². The fraction of sp³-hybridized carbons (Fsp3) is 0.588. The zero-order valence-electron chi connectivity index (χ0n) is 14.2. The molecule has 2 aliphatic rings. The van der Waals surface area contributed by atoms with E-state index < -0.39 is 10.0 Å². The number of benzene rings is 1. The molecule has 1 aromatic carbocycles. The second-order valence-corrected chi connectivity index (χ2v) is 8.42. The molecule has 0 unspecified atom stereocenters. The summed E-state index contributed by atoms with van der Waals surface area (Å²) in [6, 6.07) is 5.14. The SMILES string of the molecule is COc1ccc(C)cc1S(=O)(=O)N1CCN(C(=O)C2CCC2)CC1. The van der Waals surface area contributed by atoms with Gasteiger partial charge < -0.3 is 9.64 Å². The lowest BCUT2D eigenvalue weighted by molar-refractivity contribution is -0.139. The first kappa shape index (κ1) is 17.2. The van der Waals surface area contributed by atoms with Gasteiger partial charge in [-0.1, -0.05) is 12.5 Å². The molecule has 1 amide bonds. The molecule has 1 saturated carbocycles. The van der Waals surface area contributed by atoms with E-state index in [2.05, 4.69) is 0 Å². The van der Waals surface area contributed by atoms with Crippen molar-refractivity contribution in [2.45, 2.75) is 31.1 Å². The van der Waals surface area contributed by atoms with Crippen LogP contribution in [0.2, 0.25) is 0 Å². The summed E-state index contributed by atoms with van der Waals surface area (Å²) in [4.78, 5) is 14.3. The molecule has 1 heterocycles. The molecule has 0 bridgehead atoms. The van der Waals surface area contributed by atoms with Crippen LogP contribution >= 0.6 is 0 Å². The highest BCUT2D eigenvalue weighted by Gasteiger charge is 2.35. The lowest BCUT2D eigenvalue weighted by Gasteiger charge is -2.37. The van der Waals surface area contributed by atoms with Crippen LogP contribution in [0, 0.1) is 12.8 Å². The van der Waals surface area contributed by atoms with Crippen LogP contribution in [0.15, 0.2) is 23.1 Å². The molecular formula is C17H24N2O4S. The van der Waals surface area contributed by atoms with Gasteiger partial charge in [-0.2, -0.15) is 4.31 Å². The Hall–Kier alpha value is -1.60. The van der Waals surface area contributed by atoms with Gasteiger partial charge in [0.25, 0.3) is 0 Å². The monoisotopic (exact) mass is 352 g/mol. The predicted molar refractivity (Wildman–Crippen MR) is 90.4 cm³/mol. The van der Waals surface area contributed by atoms with Gasteiger partial charge in [-0.15, -0.1) is 0 Å². The molecule has 0 spiro atoms. The molecule has 1 aromatic rings. The van der Waals surface area contributed by atoms with Crippen LogP contribution in [0.3, 0.4) is 0 Å². The van der Waals surface area contributed by atoms with E-state index in [-0.39, 0.29) is 16.7 Å². The molecule has 3 rings (SSSR count). The highest BCUT2D eigenvalue weighted by Crippen LogP contribution is 2.30. The molecule has 1 saturated heterocycles. The quantitative estimate of drug-likeness (QED) is 0.826. The van der Waals surface area contributed by atoms with Crippen molar-refractivity contribution in [1.82, 2.24) is 9.21 Å². The summed E-state index contributed by atoms with van der Waals surface area (Å²) < 4.78 is 32.6. The highest BCUT2D eigenvalue weighted by atomic mass is 32.2. The summed E-state index contributed by atoms with van der Waals surface area (Å²) in [5.74, 6) is 0.699. The fourth-order valence-electron chi connectivity index (χ4n) is 3.19. The molecule has 1 aliphatic heterocycles. The van der Waals surface area contributed by atoms with Crippen molar-refractivity contribution < 1.29 is 17.9 Å². The minimum Gasteiger partial charge on any atom is -0.495 e. The average Bonchev–Trinajstić information content (AvgIpc) is 2.53. The number of aryl methyl sites for hydroxylation is 1. The Morgan fingerprint density at radius 3 is 2.38 bits per heavy atom. The average molecular weight is 352 g/mol. The zero-order valence-corrected chi connectivity index (χ0v) is 15.0. The van der Waals surface area contributed by atoms with E-state index in [4.69, 9.17) is 4.74 Å². The number of methoxy groups -OCH3 is 1. The molecule has 24 heavy (non-hydrogen) atoms. The number of amides is 1. The number of hydrogen-bond acceptors (Lipinski definition) is 4. The zero-order chi connectivity index (χ0) is 17.3. The van der Waals surface area contributed by atoms with Crippen molar-refractivity contribution in [2.24, 2.45) is 5.92 Å². The third kappa shape index (κ3) is 3.15. The lowest BCUT2D eigenvalue weighted by atomic mass is 9.84. The molecule has 7 heteroatoms. The summed E-state index contributed by atoms with van der Waals surface area (Å²) in [6.07, 6.45) is 3.06. The molecule has 6 nitrogen and oxygen atoms in total. The van der Waals surface area contributed by atoms with Gasteiger partial charge in [0, 0.05) is 32.1 Å². The van der Waals surface area contributed by atoms with Crippen LogP contribution in [-0.4, -0.2) is 56.8 Å². The summed E-state index contributed by atoms with van der Waals surface area (Å²) in [7, 11) is -2.15. The van der Waals surface area contributed by atoms with Gasteiger partial charge in [0.2, 0.25) is 15.9 Å². The van der Waals surface area contributed by atoms with E-state index >= 15 is 0 Å². The van der Waals surface area contributed by atoms with Crippen molar-refractivity contribution in [3.8, 4) is 5.75 Å². The third-order valence-corrected chi connectivity index (χ3v) is 6.86. The lowest BCUT2D eigenvalue weighted by Crippen LogP contribution is -2.52. The maximum absolute atomic E-state index is 12.9. The van der Waals surface area contributed by atoms with Crippen LogP contribution in [0.1, 0.15) is 24.8 Å². The standard InChI is InChI=1S/C17H24N2O4S/c1-13-6-7-15(23-2)16(12-13)24(21,22)19-10-8-18(9-11-19)17(20)14-4-3-5-14/h6-7,12,14H,3-5,8-11H2,1-2H3. The van der Waals surface area contributed by atoms with Gasteiger partial charge in [-0.05, 0) is 37.5 Å². The van der Waals surface area contributed by atoms with Gasteiger partial charge in [-0.3, -0.25) is 4.79 Å². The number of sulfonamides is 1. The van der Waals surface area contributed by atoms with Crippen molar-refractivity contribution in [3.63, 3.8) is 0 Å². The summed E-state index contributed by atoms with van der Waals surface area (Å²) >= 11 is 0. The van der Waals surface area contributed by atoms with E-state index in [1.807, 2.05) is 17.9 Å². The Labute approximate surface area is 143 Å².